The molecule has 1 aliphatic rings. The molecule has 0 saturated heterocycles. The molecule has 4 rings (SSSR count). The van der Waals surface area contributed by atoms with E-state index in [2.05, 4.69) is 20.0 Å². The van der Waals surface area contributed by atoms with Crippen molar-refractivity contribution in [3.63, 3.8) is 0 Å². The molecule has 0 amide bonds. The first kappa shape index (κ1) is 18.2. The van der Waals surface area contributed by atoms with Gasteiger partial charge in [0.1, 0.15) is 12.1 Å². The predicted octanol–water partition coefficient (Wildman–Crippen LogP) is 3.44. The van der Waals surface area contributed by atoms with Gasteiger partial charge in [-0.25, -0.2) is 15.0 Å². The van der Waals surface area contributed by atoms with Gasteiger partial charge in [-0.05, 0) is 48.6 Å². The van der Waals surface area contributed by atoms with Crippen LogP contribution in [0.25, 0.3) is 17.1 Å². The van der Waals surface area contributed by atoms with Gasteiger partial charge in [-0.1, -0.05) is 18.2 Å². The van der Waals surface area contributed by atoms with E-state index < -0.39 is 0 Å². The van der Waals surface area contributed by atoms with Gasteiger partial charge in [0, 0.05) is 35.4 Å². The topological polar surface area (TPSA) is 72.1 Å². The van der Waals surface area contributed by atoms with Gasteiger partial charge in [-0.2, -0.15) is 0 Å². The quantitative estimate of drug-likeness (QED) is 0.601. The van der Waals surface area contributed by atoms with Crippen LogP contribution in [-0.4, -0.2) is 22.4 Å². The maximum absolute atomic E-state index is 5.68. The summed E-state index contributed by atoms with van der Waals surface area (Å²) in [6.45, 7) is 0. The van der Waals surface area contributed by atoms with Crippen molar-refractivity contribution in [2.45, 2.75) is 0 Å². The van der Waals surface area contributed by atoms with E-state index in [9.17, 15) is 0 Å². The first-order valence-corrected chi connectivity index (χ1v) is 8.99. The smallest absolute Gasteiger partial charge is 0.163 e. The standard InChI is InChI=1S/C23H17N5O/c1-2-8-21-18(7-1)16-25-13-4-3-11-24-12-5-6-14-29-19-9-10-22-20(15-19)23(28-21)27-17-26-22/h1-17H. The fourth-order valence-corrected chi connectivity index (χ4v) is 2.63. The van der Waals surface area contributed by atoms with Crippen LogP contribution in [0.4, 0.5) is 5.82 Å². The van der Waals surface area contributed by atoms with Crippen molar-refractivity contribution in [2.75, 3.05) is 0 Å². The maximum Gasteiger partial charge on any atom is 0.163 e. The lowest BCUT2D eigenvalue weighted by Gasteiger charge is -2.04. The second-order valence-corrected chi connectivity index (χ2v) is 5.95. The molecule has 1 aliphatic heterocycles. The molecule has 6 heteroatoms. The summed E-state index contributed by atoms with van der Waals surface area (Å²) in [5.74, 6) is 1.24. The molecule has 2 aromatic carbocycles. The highest BCUT2D eigenvalue weighted by Crippen LogP contribution is 2.25. The molecule has 1 aromatic heterocycles. The van der Waals surface area contributed by atoms with Gasteiger partial charge in [0.15, 0.2) is 5.82 Å². The zero-order valence-corrected chi connectivity index (χ0v) is 15.5. The Hall–Kier alpha value is -4.19. The number of para-hydroxylation sites is 1. The second-order valence-electron chi connectivity index (χ2n) is 5.95. The van der Waals surface area contributed by atoms with E-state index in [1.165, 1.54) is 6.33 Å². The Bertz CT molecular complexity index is 1290. The minimum Gasteiger partial charge on any atom is -0.465 e. The van der Waals surface area contributed by atoms with Crippen molar-refractivity contribution in [3.8, 4) is 5.75 Å². The van der Waals surface area contributed by atoms with Gasteiger partial charge in [0.05, 0.1) is 17.1 Å². The summed E-state index contributed by atoms with van der Waals surface area (Å²) < 4.78 is 5.68. The SMILES string of the molecule is C1=CC=NC=c2ccccc2=Nc2ncnc3ccc(cc23)OC=CC=CN=C1. The molecule has 6 nitrogen and oxygen atoms in total. The van der Waals surface area contributed by atoms with E-state index in [1.807, 2.05) is 42.5 Å². The number of ether oxygens (including phenoxy) is 1. The van der Waals surface area contributed by atoms with Gasteiger partial charge in [-0.15, -0.1) is 0 Å². The zero-order valence-electron chi connectivity index (χ0n) is 15.5. The molecule has 0 saturated carbocycles. The number of benzene rings is 2. The predicted molar refractivity (Wildman–Crippen MR) is 116 cm³/mol. The van der Waals surface area contributed by atoms with E-state index in [0.29, 0.717) is 11.6 Å². The molecule has 0 fully saturated rings. The van der Waals surface area contributed by atoms with E-state index in [-0.39, 0.29) is 0 Å². The van der Waals surface area contributed by atoms with Crippen LogP contribution >= 0.6 is 0 Å². The Labute approximate surface area is 167 Å². The first-order chi connectivity index (χ1) is 14.4. The molecule has 140 valence electrons. The normalized spacial score (nSPS) is 13.7. The third-order valence-electron chi connectivity index (χ3n) is 3.98. The summed E-state index contributed by atoms with van der Waals surface area (Å²) in [5.41, 5.74) is 0.792. The largest absolute Gasteiger partial charge is 0.465 e. The average Bonchev–Trinajstić information content (AvgIpc) is 2.75. The van der Waals surface area contributed by atoms with Crippen LogP contribution in [0.5, 0.6) is 5.75 Å². The molecule has 0 radical (unpaired) electrons. The summed E-state index contributed by atoms with van der Waals surface area (Å²) in [5, 5.41) is 2.45. The first-order valence-electron chi connectivity index (χ1n) is 8.99. The number of aromatic nitrogens is 2. The fraction of sp³-hybridized carbons (Fsp3) is 0. The molecule has 3 aromatic rings. The molecular weight excluding hydrogens is 362 g/mol. The van der Waals surface area contributed by atoms with Crippen molar-refractivity contribution >= 4 is 35.3 Å². The van der Waals surface area contributed by atoms with Crippen LogP contribution in [-0.2, 0) is 0 Å². The van der Waals surface area contributed by atoms with Crippen LogP contribution in [0.15, 0.2) is 101 Å². The summed E-state index contributed by atoms with van der Waals surface area (Å²) in [4.78, 5) is 21.9. The molecule has 0 N–H and O–H groups in total. The van der Waals surface area contributed by atoms with Gasteiger partial charge >= 0.3 is 0 Å². The number of hydrogen-bond acceptors (Lipinski definition) is 6. The van der Waals surface area contributed by atoms with Crippen molar-refractivity contribution in [3.05, 3.63) is 96.1 Å². The van der Waals surface area contributed by atoms with Gasteiger partial charge in [-0.3, -0.25) is 9.98 Å². The Morgan fingerprint density at radius 2 is 1.69 bits per heavy atom. The molecule has 0 atom stereocenters. The lowest BCUT2D eigenvalue weighted by molar-refractivity contribution is 0.482. The zero-order chi connectivity index (χ0) is 19.7. The van der Waals surface area contributed by atoms with Crippen molar-refractivity contribution in [2.24, 2.45) is 15.0 Å². The highest BCUT2D eigenvalue weighted by atomic mass is 16.5. The number of nitrogens with zero attached hydrogens (tertiary/aromatic N) is 5. The molecule has 2 heterocycles. The fourth-order valence-electron chi connectivity index (χ4n) is 2.63. The molecule has 0 spiro atoms. The number of aliphatic imine (C=N–C) groups is 2. The second kappa shape index (κ2) is 9.14. The number of hydrogen-bond donors (Lipinski definition) is 0. The minimum absolute atomic E-state index is 0.570. The molecular formula is C23H17N5O. The van der Waals surface area contributed by atoms with E-state index in [4.69, 9.17) is 9.73 Å². The molecule has 29 heavy (non-hydrogen) atoms. The summed E-state index contributed by atoms with van der Waals surface area (Å²) in [6, 6.07) is 13.4. The Balaban J connectivity index is 1.90. The Morgan fingerprint density at radius 1 is 0.793 bits per heavy atom. The molecule has 0 aliphatic carbocycles. The number of fused-ring (bicyclic) bond motifs is 2. The third kappa shape index (κ3) is 4.75. The lowest BCUT2D eigenvalue weighted by Crippen LogP contribution is -2.23. The van der Waals surface area contributed by atoms with Crippen molar-refractivity contribution in [1.29, 1.82) is 0 Å². The maximum atomic E-state index is 5.68. The van der Waals surface area contributed by atoms with E-state index >= 15 is 0 Å². The van der Waals surface area contributed by atoms with Crippen molar-refractivity contribution < 1.29 is 4.74 Å². The monoisotopic (exact) mass is 379 g/mol. The highest BCUT2D eigenvalue weighted by molar-refractivity contribution is 5.88. The molecule has 0 unspecified atom stereocenters. The Morgan fingerprint density at radius 3 is 2.66 bits per heavy atom. The van der Waals surface area contributed by atoms with Gasteiger partial charge in [0.2, 0.25) is 0 Å². The van der Waals surface area contributed by atoms with Crippen LogP contribution in [0.3, 0.4) is 0 Å². The van der Waals surface area contributed by atoms with Crippen LogP contribution in [0.2, 0.25) is 0 Å². The minimum atomic E-state index is 0.570. The average molecular weight is 379 g/mol. The van der Waals surface area contributed by atoms with E-state index in [1.54, 1.807) is 55.4 Å². The van der Waals surface area contributed by atoms with Crippen LogP contribution in [0.1, 0.15) is 0 Å². The van der Waals surface area contributed by atoms with Crippen molar-refractivity contribution in [1.82, 2.24) is 9.97 Å². The van der Waals surface area contributed by atoms with Crippen LogP contribution in [0, 0.1) is 0 Å². The number of allylic oxidation sites excluding steroid dienone is 4. The van der Waals surface area contributed by atoms with E-state index in [0.717, 1.165) is 21.5 Å². The summed E-state index contributed by atoms with van der Waals surface area (Å²) in [7, 11) is 0. The van der Waals surface area contributed by atoms with Crippen LogP contribution < -0.4 is 15.3 Å². The Kier molecular flexibility index (Phi) is 5.73. The van der Waals surface area contributed by atoms with Gasteiger partial charge in [0.25, 0.3) is 0 Å². The van der Waals surface area contributed by atoms with Gasteiger partial charge < -0.3 is 4.74 Å². The summed E-state index contributed by atoms with van der Waals surface area (Å²) >= 11 is 0. The lowest BCUT2D eigenvalue weighted by atomic mass is 10.2. The highest BCUT2D eigenvalue weighted by Gasteiger charge is 2.04. The number of rotatable bonds is 0. The molecule has 2 bridgehead atoms. The summed E-state index contributed by atoms with van der Waals surface area (Å²) in [6.07, 6.45) is 17.1. The third-order valence-corrected chi connectivity index (χ3v) is 3.98.